The molecule has 2 aliphatic heterocycles. The molecule has 1 amide bonds. The van der Waals surface area contributed by atoms with Crippen LogP contribution in [-0.2, 0) is 16.0 Å². The fourth-order valence-corrected chi connectivity index (χ4v) is 4.13. The zero-order valence-corrected chi connectivity index (χ0v) is 16.8. The minimum atomic E-state index is 0.0821. The van der Waals surface area contributed by atoms with Crippen LogP contribution in [0.4, 0.5) is 0 Å². The Kier molecular flexibility index (Phi) is 6.25. The predicted molar refractivity (Wildman–Crippen MR) is 109 cm³/mol. The number of ether oxygens (including phenoxy) is 1. The highest BCUT2D eigenvalue weighted by molar-refractivity contribution is 6.30. The summed E-state index contributed by atoms with van der Waals surface area (Å²) < 4.78 is 5.38. The summed E-state index contributed by atoms with van der Waals surface area (Å²) in [4.78, 5) is 22.0. The van der Waals surface area contributed by atoms with Gasteiger partial charge in [-0.05, 0) is 42.7 Å². The van der Waals surface area contributed by atoms with E-state index < -0.39 is 0 Å². The van der Waals surface area contributed by atoms with Crippen molar-refractivity contribution >= 4 is 17.5 Å². The zero-order chi connectivity index (χ0) is 19.3. The lowest BCUT2D eigenvalue weighted by molar-refractivity contribution is -0.134. The molecule has 1 aromatic heterocycles. The largest absolute Gasteiger partial charge is 0.379 e. The van der Waals surface area contributed by atoms with Crippen LogP contribution in [0.5, 0.6) is 0 Å². The molecule has 1 aromatic carbocycles. The quantitative estimate of drug-likeness (QED) is 0.773. The molecule has 0 spiro atoms. The highest BCUT2D eigenvalue weighted by Gasteiger charge is 2.31. The van der Waals surface area contributed by atoms with Gasteiger partial charge in [0.15, 0.2) is 0 Å². The van der Waals surface area contributed by atoms with E-state index in [0.717, 1.165) is 55.3 Å². The second-order valence-electron chi connectivity index (χ2n) is 7.49. The van der Waals surface area contributed by atoms with Gasteiger partial charge in [0.2, 0.25) is 5.91 Å². The normalized spacial score (nSPS) is 20.5. The molecule has 2 aliphatic rings. The fourth-order valence-electron chi connectivity index (χ4n) is 4.01. The molecule has 4 rings (SSSR count). The molecule has 0 aliphatic carbocycles. The SMILES string of the molecule is O=C(CN1CCOCC1)N1CCCC1c1cccc(Cc2ccc(Cl)cc2)n1. The molecule has 0 radical (unpaired) electrons. The Morgan fingerprint density at radius 1 is 1.11 bits per heavy atom. The van der Waals surface area contributed by atoms with Crippen molar-refractivity contribution in [3.63, 3.8) is 0 Å². The van der Waals surface area contributed by atoms with Crippen LogP contribution >= 0.6 is 11.6 Å². The summed E-state index contributed by atoms with van der Waals surface area (Å²) in [7, 11) is 0. The van der Waals surface area contributed by atoms with E-state index in [1.165, 1.54) is 5.56 Å². The second kappa shape index (κ2) is 9.03. The number of pyridine rings is 1. The Labute approximate surface area is 171 Å². The van der Waals surface area contributed by atoms with Gasteiger partial charge in [-0.25, -0.2) is 0 Å². The van der Waals surface area contributed by atoms with Crippen LogP contribution in [0.3, 0.4) is 0 Å². The maximum atomic E-state index is 12.9. The molecular weight excluding hydrogens is 374 g/mol. The molecule has 3 heterocycles. The lowest BCUT2D eigenvalue weighted by Gasteiger charge is -2.30. The van der Waals surface area contributed by atoms with Gasteiger partial charge in [0.25, 0.3) is 0 Å². The van der Waals surface area contributed by atoms with Crippen LogP contribution in [-0.4, -0.2) is 60.1 Å². The highest BCUT2D eigenvalue weighted by Crippen LogP contribution is 2.31. The third-order valence-electron chi connectivity index (χ3n) is 5.50. The monoisotopic (exact) mass is 399 g/mol. The van der Waals surface area contributed by atoms with Crippen molar-refractivity contribution in [1.29, 1.82) is 0 Å². The number of halogens is 1. The van der Waals surface area contributed by atoms with E-state index in [2.05, 4.69) is 17.0 Å². The summed E-state index contributed by atoms with van der Waals surface area (Å²) in [6.45, 7) is 4.38. The van der Waals surface area contributed by atoms with Gasteiger partial charge in [-0.15, -0.1) is 0 Å². The molecular formula is C22H26ClN3O2. The average Bonchev–Trinajstić information content (AvgIpc) is 3.21. The number of nitrogens with zero attached hydrogens (tertiary/aromatic N) is 3. The van der Waals surface area contributed by atoms with E-state index in [1.807, 2.05) is 35.2 Å². The van der Waals surface area contributed by atoms with E-state index in [-0.39, 0.29) is 11.9 Å². The molecule has 28 heavy (non-hydrogen) atoms. The van der Waals surface area contributed by atoms with Crippen LogP contribution in [0.15, 0.2) is 42.5 Å². The van der Waals surface area contributed by atoms with Crippen molar-refractivity contribution < 1.29 is 9.53 Å². The van der Waals surface area contributed by atoms with Crippen molar-refractivity contribution in [2.45, 2.75) is 25.3 Å². The molecule has 2 aromatic rings. The molecule has 0 saturated carbocycles. The van der Waals surface area contributed by atoms with Gasteiger partial charge in [0.05, 0.1) is 31.5 Å². The number of benzene rings is 1. The molecule has 6 heteroatoms. The Morgan fingerprint density at radius 2 is 1.89 bits per heavy atom. The van der Waals surface area contributed by atoms with Gasteiger partial charge >= 0.3 is 0 Å². The number of likely N-dealkylation sites (tertiary alicyclic amines) is 1. The number of amides is 1. The lowest BCUT2D eigenvalue weighted by atomic mass is 10.1. The van der Waals surface area contributed by atoms with E-state index in [4.69, 9.17) is 21.3 Å². The van der Waals surface area contributed by atoms with E-state index in [9.17, 15) is 4.79 Å². The number of carbonyl (C=O) groups excluding carboxylic acids is 1. The molecule has 148 valence electrons. The van der Waals surface area contributed by atoms with Crippen LogP contribution in [0, 0.1) is 0 Å². The first-order valence-corrected chi connectivity index (χ1v) is 10.4. The standard InChI is InChI=1S/C22H26ClN3O2/c23-18-8-6-17(7-9-18)15-19-3-1-4-20(24-19)21-5-2-10-26(21)22(27)16-25-11-13-28-14-12-25/h1,3-4,6-9,21H,2,5,10-16H2. The molecule has 1 atom stereocenters. The number of hydrogen-bond acceptors (Lipinski definition) is 4. The molecule has 2 saturated heterocycles. The summed E-state index contributed by atoms with van der Waals surface area (Å²) >= 11 is 5.98. The van der Waals surface area contributed by atoms with Gasteiger partial charge in [-0.3, -0.25) is 14.7 Å². The maximum absolute atomic E-state index is 12.9. The number of aromatic nitrogens is 1. The van der Waals surface area contributed by atoms with E-state index in [0.29, 0.717) is 19.8 Å². The topological polar surface area (TPSA) is 45.7 Å². The first-order chi connectivity index (χ1) is 13.7. The number of hydrogen-bond donors (Lipinski definition) is 0. The summed E-state index contributed by atoms with van der Waals surface area (Å²) in [6, 6.07) is 14.1. The zero-order valence-electron chi connectivity index (χ0n) is 16.0. The van der Waals surface area contributed by atoms with Crippen molar-refractivity contribution in [2.75, 3.05) is 39.4 Å². The van der Waals surface area contributed by atoms with Crippen molar-refractivity contribution in [3.8, 4) is 0 Å². The van der Waals surface area contributed by atoms with Gasteiger partial charge in [0, 0.05) is 36.8 Å². The number of morpholine rings is 1. The molecule has 0 bridgehead atoms. The van der Waals surface area contributed by atoms with E-state index >= 15 is 0 Å². The van der Waals surface area contributed by atoms with Crippen molar-refractivity contribution in [2.24, 2.45) is 0 Å². The smallest absolute Gasteiger partial charge is 0.237 e. The van der Waals surface area contributed by atoms with Crippen LogP contribution < -0.4 is 0 Å². The summed E-state index contributed by atoms with van der Waals surface area (Å²) in [6.07, 6.45) is 2.77. The van der Waals surface area contributed by atoms with E-state index in [1.54, 1.807) is 0 Å². The maximum Gasteiger partial charge on any atom is 0.237 e. The first-order valence-electron chi connectivity index (χ1n) is 9.99. The lowest BCUT2D eigenvalue weighted by Crippen LogP contribution is -2.44. The Morgan fingerprint density at radius 3 is 2.68 bits per heavy atom. The highest BCUT2D eigenvalue weighted by atomic mass is 35.5. The second-order valence-corrected chi connectivity index (χ2v) is 7.93. The summed E-state index contributed by atoms with van der Waals surface area (Å²) in [5.74, 6) is 0.203. The third-order valence-corrected chi connectivity index (χ3v) is 5.76. The van der Waals surface area contributed by atoms with Crippen molar-refractivity contribution in [1.82, 2.24) is 14.8 Å². The minimum absolute atomic E-state index is 0.0821. The Balaban J connectivity index is 1.44. The molecule has 2 fully saturated rings. The third kappa shape index (κ3) is 4.72. The molecule has 5 nitrogen and oxygen atoms in total. The summed E-state index contributed by atoms with van der Waals surface area (Å²) in [5.41, 5.74) is 3.20. The molecule has 1 unspecified atom stereocenters. The average molecular weight is 400 g/mol. The van der Waals surface area contributed by atoms with Crippen LogP contribution in [0.1, 0.15) is 35.8 Å². The minimum Gasteiger partial charge on any atom is -0.379 e. The number of carbonyl (C=O) groups is 1. The van der Waals surface area contributed by atoms with Crippen LogP contribution in [0.2, 0.25) is 5.02 Å². The predicted octanol–water partition coefficient (Wildman–Crippen LogP) is 3.32. The van der Waals surface area contributed by atoms with Gasteiger partial charge < -0.3 is 9.64 Å². The van der Waals surface area contributed by atoms with Crippen molar-refractivity contribution in [3.05, 3.63) is 64.4 Å². The van der Waals surface area contributed by atoms with Gasteiger partial charge in [-0.1, -0.05) is 29.8 Å². The number of rotatable bonds is 5. The Bertz CT molecular complexity index is 806. The van der Waals surface area contributed by atoms with Gasteiger partial charge in [0.1, 0.15) is 0 Å². The fraction of sp³-hybridized carbons (Fsp3) is 0.455. The first kappa shape index (κ1) is 19.4. The Hall–Kier alpha value is -1.95. The van der Waals surface area contributed by atoms with Gasteiger partial charge in [-0.2, -0.15) is 0 Å². The molecule has 0 N–H and O–H groups in total. The summed E-state index contributed by atoms with van der Waals surface area (Å²) in [5, 5.41) is 0.742. The van der Waals surface area contributed by atoms with Crippen LogP contribution in [0.25, 0.3) is 0 Å².